The van der Waals surface area contributed by atoms with Crippen molar-refractivity contribution in [2.75, 3.05) is 0 Å². The first-order valence-corrected chi connectivity index (χ1v) is 5.79. The van der Waals surface area contributed by atoms with Crippen molar-refractivity contribution in [1.29, 1.82) is 0 Å². The fraction of sp³-hybridized carbons (Fsp3) is 0. The SMILES string of the molecule is O=C1C=CC(=C(c2cccnc2)c2cccnc2)O1. The number of aromatic nitrogens is 2. The van der Waals surface area contributed by atoms with E-state index in [9.17, 15) is 4.79 Å². The van der Waals surface area contributed by atoms with Gasteiger partial charge in [-0.2, -0.15) is 0 Å². The van der Waals surface area contributed by atoms with Gasteiger partial charge in [-0.05, 0) is 18.2 Å². The van der Waals surface area contributed by atoms with Crippen molar-refractivity contribution in [2.24, 2.45) is 0 Å². The molecule has 0 saturated carbocycles. The van der Waals surface area contributed by atoms with E-state index in [-0.39, 0.29) is 5.97 Å². The second-order valence-corrected chi connectivity index (χ2v) is 3.98. The lowest BCUT2D eigenvalue weighted by atomic mass is 9.99. The van der Waals surface area contributed by atoms with E-state index in [1.807, 2.05) is 24.3 Å². The Morgan fingerprint density at radius 3 is 2.00 bits per heavy atom. The van der Waals surface area contributed by atoms with Crippen molar-refractivity contribution in [1.82, 2.24) is 9.97 Å². The molecule has 1 aliphatic heterocycles. The Morgan fingerprint density at radius 2 is 1.58 bits per heavy atom. The summed E-state index contributed by atoms with van der Waals surface area (Å²) in [6, 6.07) is 7.52. The van der Waals surface area contributed by atoms with Crippen molar-refractivity contribution in [3.8, 4) is 0 Å². The zero-order chi connectivity index (χ0) is 13.1. The number of carbonyl (C=O) groups excluding carboxylic acids is 1. The number of hydrogen-bond donors (Lipinski definition) is 0. The second kappa shape index (κ2) is 4.86. The average Bonchev–Trinajstić information content (AvgIpc) is 2.88. The predicted octanol–water partition coefficient (Wildman–Crippen LogP) is 2.35. The summed E-state index contributed by atoms with van der Waals surface area (Å²) < 4.78 is 5.21. The molecular weight excluding hydrogens is 240 g/mol. The molecule has 0 fully saturated rings. The summed E-state index contributed by atoms with van der Waals surface area (Å²) in [7, 11) is 0. The van der Waals surface area contributed by atoms with Crippen LogP contribution in [0.3, 0.4) is 0 Å². The number of nitrogens with zero attached hydrogens (tertiary/aromatic N) is 2. The molecule has 4 heteroatoms. The average molecular weight is 250 g/mol. The Labute approximate surface area is 110 Å². The van der Waals surface area contributed by atoms with Crippen LogP contribution in [0.1, 0.15) is 11.1 Å². The Kier molecular flexibility index (Phi) is 2.90. The molecule has 3 rings (SSSR count). The van der Waals surface area contributed by atoms with Gasteiger partial charge in [0.2, 0.25) is 0 Å². The van der Waals surface area contributed by atoms with Crippen molar-refractivity contribution in [3.63, 3.8) is 0 Å². The molecule has 0 bridgehead atoms. The number of cyclic esters (lactones) is 1. The third-order valence-corrected chi connectivity index (χ3v) is 2.73. The fourth-order valence-electron chi connectivity index (χ4n) is 1.93. The topological polar surface area (TPSA) is 52.1 Å². The van der Waals surface area contributed by atoms with Crippen LogP contribution >= 0.6 is 0 Å². The molecule has 0 amide bonds. The number of carbonyl (C=O) groups is 1. The largest absolute Gasteiger partial charge is 0.423 e. The summed E-state index contributed by atoms with van der Waals surface area (Å²) in [5, 5.41) is 0. The van der Waals surface area contributed by atoms with Gasteiger partial charge in [0, 0.05) is 47.6 Å². The van der Waals surface area contributed by atoms with E-state index in [0.29, 0.717) is 5.76 Å². The van der Waals surface area contributed by atoms with Crippen LogP contribution in [0.5, 0.6) is 0 Å². The van der Waals surface area contributed by atoms with E-state index >= 15 is 0 Å². The molecule has 0 saturated heterocycles. The molecule has 0 aromatic carbocycles. The highest BCUT2D eigenvalue weighted by Crippen LogP contribution is 2.29. The first kappa shape index (κ1) is 11.3. The van der Waals surface area contributed by atoms with Crippen LogP contribution in [-0.4, -0.2) is 15.9 Å². The molecular formula is C15H10N2O2. The monoisotopic (exact) mass is 250 g/mol. The van der Waals surface area contributed by atoms with Gasteiger partial charge >= 0.3 is 5.97 Å². The van der Waals surface area contributed by atoms with Crippen molar-refractivity contribution >= 4 is 11.5 Å². The van der Waals surface area contributed by atoms with Crippen molar-refractivity contribution in [2.45, 2.75) is 0 Å². The highest BCUT2D eigenvalue weighted by atomic mass is 16.5. The molecule has 2 aromatic heterocycles. The molecule has 3 heterocycles. The minimum absolute atomic E-state index is 0.361. The summed E-state index contributed by atoms with van der Waals surface area (Å²) in [6.45, 7) is 0. The zero-order valence-corrected chi connectivity index (χ0v) is 9.98. The Balaban J connectivity index is 2.18. The van der Waals surface area contributed by atoms with Gasteiger partial charge in [0.05, 0.1) is 0 Å². The van der Waals surface area contributed by atoms with Gasteiger partial charge in [-0.15, -0.1) is 0 Å². The van der Waals surface area contributed by atoms with Crippen LogP contribution in [0, 0.1) is 0 Å². The fourth-order valence-corrected chi connectivity index (χ4v) is 1.93. The molecule has 2 aromatic rings. The lowest BCUT2D eigenvalue weighted by molar-refractivity contribution is -0.132. The maximum Gasteiger partial charge on any atom is 0.336 e. The first-order valence-electron chi connectivity index (χ1n) is 5.79. The molecule has 92 valence electrons. The molecule has 0 radical (unpaired) electrons. The van der Waals surface area contributed by atoms with E-state index in [2.05, 4.69) is 9.97 Å². The lowest BCUT2D eigenvalue weighted by Crippen LogP contribution is -1.97. The predicted molar refractivity (Wildman–Crippen MR) is 69.7 cm³/mol. The van der Waals surface area contributed by atoms with Crippen LogP contribution < -0.4 is 0 Å². The summed E-state index contributed by atoms with van der Waals surface area (Å²) in [5.74, 6) is 0.159. The summed E-state index contributed by atoms with van der Waals surface area (Å²) in [6.07, 6.45) is 9.93. The molecule has 1 aliphatic rings. The van der Waals surface area contributed by atoms with E-state index < -0.39 is 0 Å². The molecule has 0 atom stereocenters. The zero-order valence-electron chi connectivity index (χ0n) is 9.98. The van der Waals surface area contributed by atoms with E-state index in [1.54, 1.807) is 30.9 Å². The quantitative estimate of drug-likeness (QED) is 0.768. The Bertz CT molecular complexity index is 620. The van der Waals surface area contributed by atoms with Gasteiger partial charge in [-0.25, -0.2) is 4.79 Å². The number of ether oxygens (including phenoxy) is 1. The standard InChI is InChI=1S/C15H10N2O2/c18-14-6-5-13(19-14)15(11-3-1-7-16-9-11)12-4-2-8-17-10-12/h1-10H. The third-order valence-electron chi connectivity index (χ3n) is 2.73. The summed E-state index contributed by atoms with van der Waals surface area (Å²) in [4.78, 5) is 19.5. The van der Waals surface area contributed by atoms with Crippen LogP contribution in [-0.2, 0) is 9.53 Å². The van der Waals surface area contributed by atoms with E-state index in [4.69, 9.17) is 4.74 Å². The number of rotatable bonds is 2. The van der Waals surface area contributed by atoms with Gasteiger partial charge < -0.3 is 4.74 Å². The maximum atomic E-state index is 11.2. The lowest BCUT2D eigenvalue weighted by Gasteiger charge is -2.09. The van der Waals surface area contributed by atoms with Crippen LogP contribution in [0.25, 0.3) is 5.57 Å². The van der Waals surface area contributed by atoms with Crippen LogP contribution in [0.4, 0.5) is 0 Å². The first-order chi connectivity index (χ1) is 9.34. The highest BCUT2D eigenvalue weighted by molar-refractivity contribution is 5.92. The van der Waals surface area contributed by atoms with Gasteiger partial charge in [0.15, 0.2) is 0 Å². The summed E-state index contributed by atoms with van der Waals surface area (Å²) >= 11 is 0. The minimum atomic E-state index is -0.361. The smallest absolute Gasteiger partial charge is 0.336 e. The number of pyridine rings is 2. The number of allylic oxidation sites excluding steroid dienone is 1. The maximum absolute atomic E-state index is 11.2. The third kappa shape index (κ3) is 2.28. The van der Waals surface area contributed by atoms with Crippen LogP contribution in [0.2, 0.25) is 0 Å². The molecule has 0 spiro atoms. The van der Waals surface area contributed by atoms with Crippen molar-refractivity contribution in [3.05, 3.63) is 78.1 Å². The van der Waals surface area contributed by atoms with Gasteiger partial charge in [-0.3, -0.25) is 9.97 Å². The summed E-state index contributed by atoms with van der Waals surface area (Å²) in [5.41, 5.74) is 2.57. The molecule has 0 unspecified atom stereocenters. The van der Waals surface area contributed by atoms with E-state index in [0.717, 1.165) is 16.7 Å². The molecule has 4 nitrogen and oxygen atoms in total. The van der Waals surface area contributed by atoms with Crippen LogP contribution in [0.15, 0.2) is 67.0 Å². The highest BCUT2D eigenvalue weighted by Gasteiger charge is 2.18. The van der Waals surface area contributed by atoms with Gasteiger partial charge in [0.25, 0.3) is 0 Å². The van der Waals surface area contributed by atoms with Crippen molar-refractivity contribution < 1.29 is 9.53 Å². The Hall–Kier alpha value is -2.75. The minimum Gasteiger partial charge on any atom is -0.423 e. The molecule has 19 heavy (non-hydrogen) atoms. The van der Waals surface area contributed by atoms with Gasteiger partial charge in [0.1, 0.15) is 5.76 Å². The van der Waals surface area contributed by atoms with E-state index in [1.165, 1.54) is 6.08 Å². The number of esters is 1. The molecule has 0 N–H and O–H groups in total. The van der Waals surface area contributed by atoms with Gasteiger partial charge in [-0.1, -0.05) is 12.1 Å². The number of hydrogen-bond acceptors (Lipinski definition) is 4. The molecule has 0 aliphatic carbocycles. The normalized spacial score (nSPS) is 13.5. The Morgan fingerprint density at radius 1 is 0.947 bits per heavy atom. The second-order valence-electron chi connectivity index (χ2n) is 3.98.